The summed E-state index contributed by atoms with van der Waals surface area (Å²) < 4.78 is 17.6. The molecular formula is C24H38O5. The molecule has 29 heavy (non-hydrogen) atoms. The van der Waals surface area contributed by atoms with Gasteiger partial charge in [-0.1, -0.05) is 53.4 Å². The van der Waals surface area contributed by atoms with Gasteiger partial charge in [0.2, 0.25) is 0 Å². The van der Waals surface area contributed by atoms with Crippen molar-refractivity contribution in [1.29, 1.82) is 0 Å². The van der Waals surface area contributed by atoms with Crippen LogP contribution in [0.1, 0.15) is 91.9 Å². The highest BCUT2D eigenvalue weighted by molar-refractivity contribution is 5.96. The van der Waals surface area contributed by atoms with Crippen molar-refractivity contribution in [2.75, 3.05) is 0 Å². The molecule has 0 aromatic rings. The standard InChI is InChI=1S/C24H38O5/c1-5-9-11-15(7-3)19-23(21(25)28-19)13-17-18(27-17)14-24(23)20(29-22(24)26)16(8-4)12-10-6-2/h15-20H,5-14H2,1-4H3. The van der Waals surface area contributed by atoms with E-state index < -0.39 is 10.8 Å². The highest BCUT2D eigenvalue weighted by atomic mass is 16.6. The number of fused-ring (bicyclic) bond motifs is 2. The van der Waals surface area contributed by atoms with Crippen LogP contribution in [-0.4, -0.2) is 36.4 Å². The van der Waals surface area contributed by atoms with Crippen LogP contribution in [0.25, 0.3) is 0 Å². The van der Waals surface area contributed by atoms with Gasteiger partial charge in [-0.2, -0.15) is 0 Å². The first-order valence-electron chi connectivity index (χ1n) is 12.1. The Morgan fingerprint density at radius 3 is 1.52 bits per heavy atom. The number of carbonyl (C=O) groups is 2. The summed E-state index contributed by atoms with van der Waals surface area (Å²) in [7, 11) is 0. The normalized spacial score (nSPS) is 41.8. The van der Waals surface area contributed by atoms with Gasteiger partial charge in [-0.15, -0.1) is 0 Å². The van der Waals surface area contributed by atoms with E-state index in [9.17, 15) is 9.59 Å². The topological polar surface area (TPSA) is 65.1 Å². The summed E-state index contributed by atoms with van der Waals surface area (Å²) in [5.41, 5.74) is -1.47. The van der Waals surface area contributed by atoms with Crippen LogP contribution in [0.4, 0.5) is 0 Å². The Labute approximate surface area is 175 Å². The Morgan fingerprint density at radius 1 is 0.793 bits per heavy atom. The second-order valence-electron chi connectivity index (χ2n) is 9.84. The predicted molar refractivity (Wildman–Crippen MR) is 109 cm³/mol. The van der Waals surface area contributed by atoms with E-state index in [1.54, 1.807) is 0 Å². The van der Waals surface area contributed by atoms with Gasteiger partial charge < -0.3 is 14.2 Å². The van der Waals surface area contributed by atoms with Crippen LogP contribution in [0.2, 0.25) is 0 Å². The van der Waals surface area contributed by atoms with E-state index in [0.29, 0.717) is 24.7 Å². The van der Waals surface area contributed by atoms with Crippen LogP contribution in [0, 0.1) is 22.7 Å². The van der Waals surface area contributed by atoms with E-state index in [1.165, 1.54) is 0 Å². The van der Waals surface area contributed by atoms with Gasteiger partial charge in [0, 0.05) is 0 Å². The zero-order valence-corrected chi connectivity index (χ0v) is 18.6. The Hall–Kier alpha value is -1.10. The Morgan fingerprint density at radius 2 is 1.21 bits per heavy atom. The van der Waals surface area contributed by atoms with Crippen molar-refractivity contribution >= 4 is 11.9 Å². The SMILES string of the molecule is CCCCC(CC)C1OC(=O)C12CC1OC1CC21C(=O)OC1C(CC)CCCC. The maximum atomic E-state index is 13.2. The fraction of sp³-hybridized carbons (Fsp3) is 0.917. The number of carbonyl (C=O) groups excluding carboxylic acids is 2. The molecule has 164 valence electrons. The van der Waals surface area contributed by atoms with Crippen LogP contribution < -0.4 is 0 Å². The molecule has 5 nitrogen and oxygen atoms in total. The molecule has 3 saturated heterocycles. The third-order valence-corrected chi connectivity index (χ3v) is 8.46. The molecule has 3 heterocycles. The van der Waals surface area contributed by atoms with E-state index in [0.717, 1.165) is 51.4 Å². The van der Waals surface area contributed by atoms with Gasteiger partial charge >= 0.3 is 11.9 Å². The summed E-state index contributed by atoms with van der Waals surface area (Å²) >= 11 is 0. The summed E-state index contributed by atoms with van der Waals surface area (Å²) in [5, 5.41) is 0. The monoisotopic (exact) mass is 406 g/mol. The summed E-state index contributed by atoms with van der Waals surface area (Å²) in [6, 6.07) is 0. The Kier molecular flexibility index (Phi) is 5.73. The fourth-order valence-corrected chi connectivity index (χ4v) is 6.64. The van der Waals surface area contributed by atoms with Crippen molar-refractivity contribution in [3.05, 3.63) is 0 Å². The molecule has 0 amide bonds. The van der Waals surface area contributed by atoms with Crippen LogP contribution in [0.15, 0.2) is 0 Å². The molecule has 0 bridgehead atoms. The molecule has 0 aromatic heterocycles. The van der Waals surface area contributed by atoms with Crippen molar-refractivity contribution in [1.82, 2.24) is 0 Å². The average molecular weight is 407 g/mol. The molecule has 3 aliphatic heterocycles. The molecule has 5 heteroatoms. The third-order valence-electron chi connectivity index (χ3n) is 8.46. The molecule has 1 saturated carbocycles. The number of rotatable bonds is 10. The lowest BCUT2D eigenvalue weighted by Crippen LogP contribution is -2.79. The summed E-state index contributed by atoms with van der Waals surface area (Å²) in [4.78, 5) is 26.4. The number of epoxide rings is 1. The summed E-state index contributed by atoms with van der Waals surface area (Å²) in [5.74, 6) is 0.283. The maximum absolute atomic E-state index is 13.2. The number of unbranched alkanes of at least 4 members (excludes halogenated alkanes) is 2. The zero-order valence-electron chi connectivity index (χ0n) is 18.6. The van der Waals surface area contributed by atoms with Gasteiger partial charge in [-0.05, 0) is 50.4 Å². The lowest BCUT2D eigenvalue weighted by Gasteiger charge is -2.65. The average Bonchev–Trinajstić information content (AvgIpc) is 3.50. The highest BCUT2D eigenvalue weighted by Gasteiger charge is 2.85. The summed E-state index contributed by atoms with van der Waals surface area (Å²) in [6.07, 6.45) is 9.70. The second-order valence-corrected chi connectivity index (χ2v) is 9.84. The molecule has 0 aromatic carbocycles. The zero-order chi connectivity index (χ0) is 20.8. The van der Waals surface area contributed by atoms with Crippen LogP contribution >= 0.6 is 0 Å². The molecule has 4 aliphatic rings. The minimum absolute atomic E-state index is 0.115. The largest absolute Gasteiger partial charge is 0.460 e. The van der Waals surface area contributed by atoms with Crippen molar-refractivity contribution in [2.24, 2.45) is 22.7 Å². The molecule has 0 N–H and O–H groups in total. The molecular weight excluding hydrogens is 368 g/mol. The first-order valence-corrected chi connectivity index (χ1v) is 12.1. The molecule has 8 atom stereocenters. The van der Waals surface area contributed by atoms with E-state index in [2.05, 4.69) is 27.7 Å². The van der Waals surface area contributed by atoms with Gasteiger partial charge in [-0.3, -0.25) is 9.59 Å². The molecule has 1 aliphatic carbocycles. The lowest BCUT2D eigenvalue weighted by atomic mass is 9.44. The van der Waals surface area contributed by atoms with Crippen molar-refractivity contribution < 1.29 is 23.8 Å². The molecule has 0 radical (unpaired) electrons. The minimum atomic E-state index is -0.737. The quantitative estimate of drug-likeness (QED) is 0.385. The maximum Gasteiger partial charge on any atom is 0.317 e. The minimum Gasteiger partial charge on any atom is -0.460 e. The number of ether oxygens (including phenoxy) is 3. The molecule has 4 fully saturated rings. The first kappa shape index (κ1) is 21.1. The van der Waals surface area contributed by atoms with Gasteiger partial charge in [0.05, 0.1) is 12.2 Å². The van der Waals surface area contributed by atoms with Crippen molar-refractivity contribution in [2.45, 2.75) is 116 Å². The van der Waals surface area contributed by atoms with Crippen LogP contribution in [-0.2, 0) is 23.8 Å². The Bertz CT molecular complexity index is 593. The first-order chi connectivity index (χ1) is 14.0. The highest BCUT2D eigenvalue weighted by Crippen LogP contribution is 2.71. The number of esters is 2. The van der Waals surface area contributed by atoms with E-state index in [1.807, 2.05) is 0 Å². The van der Waals surface area contributed by atoms with E-state index in [4.69, 9.17) is 14.2 Å². The third kappa shape index (κ3) is 2.90. The fourth-order valence-electron chi connectivity index (χ4n) is 6.64. The predicted octanol–water partition coefficient (Wildman–Crippen LogP) is 4.80. The molecule has 4 rings (SSSR count). The molecule has 8 unspecified atom stereocenters. The van der Waals surface area contributed by atoms with Crippen molar-refractivity contribution in [3.63, 3.8) is 0 Å². The van der Waals surface area contributed by atoms with Crippen LogP contribution in [0.3, 0.4) is 0 Å². The van der Waals surface area contributed by atoms with Crippen molar-refractivity contribution in [3.8, 4) is 0 Å². The smallest absolute Gasteiger partial charge is 0.317 e. The summed E-state index contributed by atoms with van der Waals surface area (Å²) in [6.45, 7) is 8.75. The van der Waals surface area contributed by atoms with E-state index >= 15 is 0 Å². The number of cyclic esters (lactones) is 2. The lowest BCUT2D eigenvalue weighted by molar-refractivity contribution is -0.301. The van der Waals surface area contributed by atoms with Crippen LogP contribution in [0.5, 0.6) is 0 Å². The van der Waals surface area contributed by atoms with Gasteiger partial charge in [0.1, 0.15) is 23.0 Å². The second kappa shape index (κ2) is 7.86. The van der Waals surface area contributed by atoms with Gasteiger partial charge in [0.15, 0.2) is 0 Å². The number of hydrogen-bond donors (Lipinski definition) is 0. The van der Waals surface area contributed by atoms with Gasteiger partial charge in [0.25, 0.3) is 0 Å². The van der Waals surface area contributed by atoms with E-state index in [-0.39, 0.29) is 36.4 Å². The Balaban J connectivity index is 1.69. The van der Waals surface area contributed by atoms with Gasteiger partial charge in [-0.25, -0.2) is 0 Å². The number of hydrogen-bond acceptors (Lipinski definition) is 5. The molecule has 2 spiro atoms.